The molecule has 0 aliphatic heterocycles. The van der Waals surface area contributed by atoms with Gasteiger partial charge < -0.3 is 9.84 Å². The van der Waals surface area contributed by atoms with Crippen molar-refractivity contribution >= 4 is 0 Å². The maximum Gasteiger partial charge on any atom is 0.165 e. The summed E-state index contributed by atoms with van der Waals surface area (Å²) in [5.74, 6) is -0.780. The minimum absolute atomic E-state index is 0.164. The first kappa shape index (κ1) is 10.4. The van der Waals surface area contributed by atoms with Crippen LogP contribution in [-0.2, 0) is 11.2 Å². The fourth-order valence-corrected chi connectivity index (χ4v) is 2.35. The highest BCUT2D eigenvalue weighted by atomic mass is 19.1. The van der Waals surface area contributed by atoms with E-state index in [1.807, 2.05) is 6.92 Å². The Morgan fingerprint density at radius 2 is 2.27 bits per heavy atom. The van der Waals surface area contributed by atoms with E-state index in [1.54, 1.807) is 7.11 Å². The Hall–Kier alpha value is -1.09. The summed E-state index contributed by atoms with van der Waals surface area (Å²) in [6, 6.07) is 1.40. The van der Waals surface area contributed by atoms with Gasteiger partial charge in [-0.15, -0.1) is 0 Å². The van der Waals surface area contributed by atoms with Gasteiger partial charge >= 0.3 is 0 Å². The number of aryl methyl sites for hydroxylation is 1. The lowest BCUT2D eigenvalue weighted by Crippen LogP contribution is -2.13. The molecule has 0 radical (unpaired) electrons. The first-order chi connectivity index (χ1) is 7.15. The van der Waals surface area contributed by atoms with Crippen molar-refractivity contribution in [3.63, 3.8) is 0 Å². The molecule has 1 N–H and O–H groups in total. The van der Waals surface area contributed by atoms with Crippen LogP contribution in [0.3, 0.4) is 0 Å². The van der Waals surface area contributed by atoms with Crippen LogP contribution in [0.2, 0.25) is 0 Å². The van der Waals surface area contributed by atoms with E-state index >= 15 is 0 Å². The lowest BCUT2D eigenvalue weighted by atomic mass is 9.86. The minimum atomic E-state index is -0.546. The van der Waals surface area contributed by atoms with Gasteiger partial charge in [-0.2, -0.15) is 0 Å². The molecule has 1 atom stereocenters. The van der Waals surface area contributed by atoms with E-state index in [-0.39, 0.29) is 11.9 Å². The molecule has 1 aliphatic carbocycles. The van der Waals surface area contributed by atoms with Gasteiger partial charge in [-0.05, 0) is 43.4 Å². The van der Waals surface area contributed by atoms with Gasteiger partial charge in [-0.3, -0.25) is 0 Å². The fourth-order valence-electron chi connectivity index (χ4n) is 2.35. The Kier molecular flexibility index (Phi) is 2.65. The van der Waals surface area contributed by atoms with Crippen molar-refractivity contribution in [1.29, 1.82) is 0 Å². The number of ether oxygens (including phenoxy) is 1. The molecule has 0 amide bonds. The molecule has 1 aromatic carbocycles. The molecule has 82 valence electrons. The monoisotopic (exact) mass is 210 g/mol. The molecular formula is C12H15FO2. The second kappa shape index (κ2) is 3.81. The van der Waals surface area contributed by atoms with Crippen LogP contribution >= 0.6 is 0 Å². The highest BCUT2D eigenvalue weighted by molar-refractivity contribution is 5.47. The van der Waals surface area contributed by atoms with Gasteiger partial charge in [-0.25, -0.2) is 4.39 Å². The molecule has 1 aliphatic rings. The summed E-state index contributed by atoms with van der Waals surface area (Å²) in [7, 11) is 1.60. The van der Waals surface area contributed by atoms with E-state index in [9.17, 15) is 9.50 Å². The van der Waals surface area contributed by atoms with E-state index in [0.29, 0.717) is 5.56 Å². The molecule has 0 aromatic heterocycles. The highest BCUT2D eigenvalue weighted by Crippen LogP contribution is 2.40. The van der Waals surface area contributed by atoms with Crippen LogP contribution in [-0.4, -0.2) is 12.2 Å². The standard InChI is InChI=1S/C12H15FO2/c1-7-6-9(13)12(14)11-8(7)4-3-5-10(11)15-2/h6,10,14H,3-5H2,1-2H3. The maximum absolute atomic E-state index is 13.4. The zero-order chi connectivity index (χ0) is 11.0. The third-order valence-corrected chi connectivity index (χ3v) is 3.13. The summed E-state index contributed by atoms with van der Waals surface area (Å²) in [6.45, 7) is 1.87. The molecule has 1 aromatic rings. The first-order valence-electron chi connectivity index (χ1n) is 5.18. The quantitative estimate of drug-likeness (QED) is 0.772. The smallest absolute Gasteiger partial charge is 0.165 e. The maximum atomic E-state index is 13.4. The molecule has 2 nitrogen and oxygen atoms in total. The van der Waals surface area contributed by atoms with Crippen LogP contribution < -0.4 is 0 Å². The molecule has 0 fully saturated rings. The Balaban J connectivity index is 2.62. The summed E-state index contributed by atoms with van der Waals surface area (Å²) >= 11 is 0. The van der Waals surface area contributed by atoms with Gasteiger partial charge in [-0.1, -0.05) is 0 Å². The fraction of sp³-hybridized carbons (Fsp3) is 0.500. The molecule has 0 spiro atoms. The van der Waals surface area contributed by atoms with Crippen LogP contribution in [0.25, 0.3) is 0 Å². The number of hydrogen-bond donors (Lipinski definition) is 1. The number of phenolic OH excluding ortho intramolecular Hbond substituents is 1. The molecule has 0 heterocycles. The van der Waals surface area contributed by atoms with Crippen LogP contribution in [0.5, 0.6) is 5.75 Å². The molecule has 0 bridgehead atoms. The van der Waals surface area contributed by atoms with Gasteiger partial charge in [0.05, 0.1) is 6.10 Å². The van der Waals surface area contributed by atoms with Crippen molar-refractivity contribution in [3.8, 4) is 5.75 Å². The molecule has 0 saturated heterocycles. The zero-order valence-electron chi connectivity index (χ0n) is 9.01. The van der Waals surface area contributed by atoms with Crippen molar-refractivity contribution in [2.45, 2.75) is 32.3 Å². The Morgan fingerprint density at radius 3 is 2.93 bits per heavy atom. The van der Waals surface area contributed by atoms with Crippen molar-refractivity contribution in [2.75, 3.05) is 7.11 Å². The van der Waals surface area contributed by atoms with Crippen LogP contribution in [0.4, 0.5) is 4.39 Å². The lowest BCUT2D eigenvalue weighted by Gasteiger charge is -2.26. The largest absolute Gasteiger partial charge is 0.505 e. The molecule has 15 heavy (non-hydrogen) atoms. The van der Waals surface area contributed by atoms with E-state index < -0.39 is 5.82 Å². The van der Waals surface area contributed by atoms with Crippen molar-refractivity contribution in [3.05, 3.63) is 28.6 Å². The van der Waals surface area contributed by atoms with E-state index in [1.165, 1.54) is 6.07 Å². The van der Waals surface area contributed by atoms with Crippen molar-refractivity contribution in [1.82, 2.24) is 0 Å². The normalized spacial score (nSPS) is 20.1. The number of methoxy groups -OCH3 is 1. The summed E-state index contributed by atoms with van der Waals surface area (Å²) in [5.41, 5.74) is 2.61. The number of aromatic hydroxyl groups is 1. The lowest BCUT2D eigenvalue weighted by molar-refractivity contribution is 0.0850. The van der Waals surface area contributed by atoms with Crippen molar-refractivity contribution in [2.24, 2.45) is 0 Å². The van der Waals surface area contributed by atoms with Crippen LogP contribution in [0, 0.1) is 12.7 Å². The number of hydrogen-bond acceptors (Lipinski definition) is 2. The van der Waals surface area contributed by atoms with E-state index in [4.69, 9.17) is 4.74 Å². The third-order valence-electron chi connectivity index (χ3n) is 3.13. The second-order valence-electron chi connectivity index (χ2n) is 4.03. The molecule has 2 rings (SSSR count). The number of fused-ring (bicyclic) bond motifs is 1. The summed E-state index contributed by atoms with van der Waals surface area (Å²) < 4.78 is 18.7. The number of halogens is 1. The number of phenols is 1. The van der Waals surface area contributed by atoms with Gasteiger partial charge in [0.15, 0.2) is 11.6 Å². The number of benzene rings is 1. The molecule has 3 heteroatoms. The summed E-state index contributed by atoms with van der Waals surface area (Å²) in [4.78, 5) is 0. The van der Waals surface area contributed by atoms with Gasteiger partial charge in [0.25, 0.3) is 0 Å². The zero-order valence-corrected chi connectivity index (χ0v) is 9.01. The van der Waals surface area contributed by atoms with Crippen LogP contribution in [0.15, 0.2) is 6.07 Å². The number of rotatable bonds is 1. The Morgan fingerprint density at radius 1 is 1.53 bits per heavy atom. The minimum Gasteiger partial charge on any atom is -0.505 e. The predicted molar refractivity (Wildman–Crippen MR) is 55.5 cm³/mol. The van der Waals surface area contributed by atoms with Crippen LogP contribution in [0.1, 0.15) is 35.6 Å². The topological polar surface area (TPSA) is 29.5 Å². The Labute approximate surface area is 88.7 Å². The second-order valence-corrected chi connectivity index (χ2v) is 4.03. The average molecular weight is 210 g/mol. The predicted octanol–water partition coefficient (Wildman–Crippen LogP) is 2.86. The molecular weight excluding hydrogens is 195 g/mol. The van der Waals surface area contributed by atoms with Crippen molar-refractivity contribution < 1.29 is 14.2 Å². The molecule has 1 unspecified atom stereocenters. The molecule has 0 saturated carbocycles. The van der Waals surface area contributed by atoms with E-state index in [2.05, 4.69) is 0 Å². The average Bonchev–Trinajstić information content (AvgIpc) is 2.25. The van der Waals surface area contributed by atoms with E-state index in [0.717, 1.165) is 30.4 Å². The summed E-state index contributed by atoms with van der Waals surface area (Å²) in [6.07, 6.45) is 2.61. The summed E-state index contributed by atoms with van der Waals surface area (Å²) in [5, 5.41) is 9.71. The first-order valence-corrected chi connectivity index (χ1v) is 5.18. The van der Waals surface area contributed by atoms with Gasteiger partial charge in [0, 0.05) is 12.7 Å². The van der Waals surface area contributed by atoms with Gasteiger partial charge in [0.2, 0.25) is 0 Å². The highest BCUT2D eigenvalue weighted by Gasteiger charge is 2.26. The van der Waals surface area contributed by atoms with Gasteiger partial charge in [0.1, 0.15) is 0 Å². The Bertz CT molecular complexity index is 388. The third kappa shape index (κ3) is 1.61. The SMILES string of the molecule is COC1CCCc2c(C)cc(F)c(O)c21.